The summed E-state index contributed by atoms with van der Waals surface area (Å²) < 4.78 is 1.46. The van der Waals surface area contributed by atoms with Crippen LogP contribution in [0.4, 0.5) is 17.3 Å². The molecular weight excluding hydrogens is 471 g/mol. The van der Waals surface area contributed by atoms with Crippen molar-refractivity contribution in [2.75, 3.05) is 36.4 Å². The average Bonchev–Trinajstić information content (AvgIpc) is 2.83. The van der Waals surface area contributed by atoms with E-state index in [1.54, 1.807) is 30.6 Å². The van der Waals surface area contributed by atoms with Crippen molar-refractivity contribution < 1.29 is 0 Å². The van der Waals surface area contributed by atoms with Crippen LogP contribution in [0, 0.1) is 13.8 Å². The number of rotatable bonds is 4. The highest BCUT2D eigenvalue weighted by Gasteiger charge is 2.16. The van der Waals surface area contributed by atoms with Gasteiger partial charge in [0, 0.05) is 49.9 Å². The van der Waals surface area contributed by atoms with E-state index in [1.807, 2.05) is 13.0 Å². The Hall–Kier alpha value is -3.13. The first-order valence-electron chi connectivity index (χ1n) is 11.1. The number of pyridine rings is 1. The van der Waals surface area contributed by atoms with Gasteiger partial charge < -0.3 is 15.5 Å². The molecule has 2 aromatic carbocycles. The number of hydrogen-bond donors (Lipinski definition) is 2. The van der Waals surface area contributed by atoms with Gasteiger partial charge in [-0.25, -0.2) is 9.97 Å². The van der Waals surface area contributed by atoms with E-state index in [0.29, 0.717) is 32.6 Å². The Morgan fingerprint density at radius 2 is 1.76 bits per heavy atom. The maximum Gasteiger partial charge on any atom is 0.266 e. The molecular formula is C25H24Cl2N6O. The first-order chi connectivity index (χ1) is 16.4. The summed E-state index contributed by atoms with van der Waals surface area (Å²) in [6, 6.07) is 11.4. The Balaban J connectivity index is 1.48. The lowest BCUT2D eigenvalue weighted by atomic mass is 10.1. The van der Waals surface area contributed by atoms with E-state index in [-0.39, 0.29) is 5.56 Å². The van der Waals surface area contributed by atoms with Crippen molar-refractivity contribution in [3.63, 3.8) is 0 Å². The molecule has 9 heteroatoms. The van der Waals surface area contributed by atoms with Gasteiger partial charge in [-0.2, -0.15) is 0 Å². The van der Waals surface area contributed by atoms with Gasteiger partial charge in [0.15, 0.2) is 0 Å². The lowest BCUT2D eigenvalue weighted by molar-refractivity contribution is 0.588. The fraction of sp³-hybridized carbons (Fsp3) is 0.240. The van der Waals surface area contributed by atoms with E-state index in [1.165, 1.54) is 15.8 Å². The minimum Gasteiger partial charge on any atom is -0.369 e. The summed E-state index contributed by atoms with van der Waals surface area (Å²) in [5.41, 5.74) is 4.87. The third-order valence-corrected chi connectivity index (χ3v) is 6.63. The van der Waals surface area contributed by atoms with Gasteiger partial charge in [-0.3, -0.25) is 9.36 Å². The van der Waals surface area contributed by atoms with Crippen molar-refractivity contribution in [1.29, 1.82) is 0 Å². The predicted octanol–water partition coefficient (Wildman–Crippen LogP) is 4.86. The Kier molecular flexibility index (Phi) is 6.16. The first-order valence-corrected chi connectivity index (χ1v) is 11.8. The number of aromatic nitrogens is 3. The quantitative estimate of drug-likeness (QED) is 0.422. The summed E-state index contributed by atoms with van der Waals surface area (Å²) in [5, 5.41) is 7.84. The lowest BCUT2D eigenvalue weighted by Gasteiger charge is -2.30. The summed E-state index contributed by atoms with van der Waals surface area (Å²) in [6.45, 7) is 7.99. The summed E-state index contributed by atoms with van der Waals surface area (Å²) in [4.78, 5) is 24.7. The molecule has 4 aromatic rings. The minimum atomic E-state index is -0.279. The fourth-order valence-electron chi connectivity index (χ4n) is 4.35. The molecule has 174 valence electrons. The monoisotopic (exact) mass is 494 g/mol. The maximum atomic E-state index is 13.2. The van der Waals surface area contributed by atoms with Gasteiger partial charge in [0.05, 0.1) is 26.6 Å². The highest BCUT2D eigenvalue weighted by Crippen LogP contribution is 2.29. The number of benzene rings is 2. The molecule has 1 fully saturated rings. The Morgan fingerprint density at radius 1 is 1.03 bits per heavy atom. The predicted molar refractivity (Wildman–Crippen MR) is 139 cm³/mol. The fourth-order valence-corrected chi connectivity index (χ4v) is 4.93. The zero-order valence-electron chi connectivity index (χ0n) is 18.9. The molecule has 0 radical (unpaired) electrons. The van der Waals surface area contributed by atoms with E-state index in [9.17, 15) is 4.79 Å². The molecule has 0 saturated carbocycles. The molecule has 0 atom stereocenters. The van der Waals surface area contributed by atoms with Gasteiger partial charge in [-0.1, -0.05) is 29.3 Å². The molecule has 0 spiro atoms. The van der Waals surface area contributed by atoms with Crippen LogP contribution in [0.2, 0.25) is 10.0 Å². The van der Waals surface area contributed by atoms with Crippen LogP contribution in [0.25, 0.3) is 16.6 Å². The molecule has 0 unspecified atom stereocenters. The van der Waals surface area contributed by atoms with Crippen LogP contribution in [0.3, 0.4) is 0 Å². The number of aryl methyl sites for hydroxylation is 2. The van der Waals surface area contributed by atoms with Crippen molar-refractivity contribution in [3.05, 3.63) is 80.3 Å². The van der Waals surface area contributed by atoms with Crippen molar-refractivity contribution in [3.8, 4) is 5.69 Å². The molecule has 0 bridgehead atoms. The van der Waals surface area contributed by atoms with Crippen molar-refractivity contribution in [2.24, 2.45) is 0 Å². The third kappa shape index (κ3) is 4.22. The third-order valence-electron chi connectivity index (χ3n) is 6.02. The molecule has 2 aromatic heterocycles. The van der Waals surface area contributed by atoms with Crippen LogP contribution in [0.15, 0.2) is 53.6 Å². The summed E-state index contributed by atoms with van der Waals surface area (Å²) in [6.07, 6.45) is 3.25. The molecule has 5 rings (SSSR count). The van der Waals surface area contributed by atoms with Crippen LogP contribution in [0.5, 0.6) is 0 Å². The second-order valence-corrected chi connectivity index (χ2v) is 9.19. The number of anilines is 3. The summed E-state index contributed by atoms with van der Waals surface area (Å²) >= 11 is 12.7. The largest absolute Gasteiger partial charge is 0.369 e. The van der Waals surface area contributed by atoms with Crippen LogP contribution in [0.1, 0.15) is 11.1 Å². The molecule has 0 amide bonds. The minimum absolute atomic E-state index is 0.279. The SMILES string of the molecule is Cc1cc(Nc2ncc3c(=O)n(-c4c(Cl)cccc4Cl)cc(C)c3n2)ccc1N1CCNCC1. The Bertz CT molecular complexity index is 1430. The molecule has 0 aliphatic carbocycles. The van der Waals surface area contributed by atoms with Crippen molar-refractivity contribution in [2.45, 2.75) is 13.8 Å². The number of hydrogen-bond acceptors (Lipinski definition) is 6. The standard InChI is InChI=1S/C25H24Cl2N6O/c1-15-12-17(6-7-21(15)32-10-8-28-9-11-32)30-25-29-13-18-22(31-25)16(2)14-33(24(18)34)23-19(26)4-3-5-20(23)27/h3-7,12-14,28H,8-11H2,1-2H3,(H,29,30,31). The van der Waals surface area contributed by atoms with Crippen LogP contribution in [-0.4, -0.2) is 40.7 Å². The van der Waals surface area contributed by atoms with Crippen LogP contribution in [-0.2, 0) is 0 Å². The van der Waals surface area contributed by atoms with Crippen molar-refractivity contribution >= 4 is 51.4 Å². The first kappa shape index (κ1) is 22.7. The van der Waals surface area contributed by atoms with Crippen LogP contribution < -0.4 is 21.1 Å². The van der Waals surface area contributed by atoms with Crippen molar-refractivity contribution in [1.82, 2.24) is 19.9 Å². The number of piperazine rings is 1. The highest BCUT2D eigenvalue weighted by molar-refractivity contribution is 6.37. The smallest absolute Gasteiger partial charge is 0.266 e. The lowest BCUT2D eigenvalue weighted by Crippen LogP contribution is -2.43. The molecule has 3 heterocycles. The number of halogens is 2. The Morgan fingerprint density at radius 3 is 2.47 bits per heavy atom. The van der Waals surface area contributed by atoms with Gasteiger partial charge in [0.2, 0.25) is 5.95 Å². The number of nitrogens with one attached hydrogen (secondary N) is 2. The van der Waals surface area contributed by atoms with Gasteiger partial charge in [-0.05, 0) is 55.3 Å². The van der Waals surface area contributed by atoms with Crippen LogP contribution >= 0.6 is 23.2 Å². The van der Waals surface area contributed by atoms with E-state index in [2.05, 4.69) is 44.6 Å². The van der Waals surface area contributed by atoms with E-state index >= 15 is 0 Å². The number of nitrogens with zero attached hydrogens (tertiary/aromatic N) is 4. The molecule has 1 aliphatic rings. The average molecular weight is 495 g/mol. The molecule has 2 N–H and O–H groups in total. The molecule has 1 saturated heterocycles. The Labute approximate surface area is 207 Å². The number of fused-ring (bicyclic) bond motifs is 1. The molecule has 1 aliphatic heterocycles. The van der Waals surface area contributed by atoms with Gasteiger partial charge in [0.1, 0.15) is 0 Å². The second kappa shape index (κ2) is 9.25. The highest BCUT2D eigenvalue weighted by atomic mass is 35.5. The number of para-hydroxylation sites is 1. The van der Waals surface area contributed by atoms with E-state index in [0.717, 1.165) is 37.4 Å². The zero-order valence-corrected chi connectivity index (χ0v) is 20.4. The summed E-state index contributed by atoms with van der Waals surface area (Å²) in [7, 11) is 0. The van der Waals surface area contributed by atoms with Gasteiger partial charge in [0.25, 0.3) is 5.56 Å². The summed E-state index contributed by atoms with van der Waals surface area (Å²) in [5.74, 6) is 0.429. The maximum absolute atomic E-state index is 13.2. The van der Waals surface area contributed by atoms with E-state index < -0.39 is 0 Å². The zero-order chi connectivity index (χ0) is 23.8. The van der Waals surface area contributed by atoms with Gasteiger partial charge >= 0.3 is 0 Å². The topological polar surface area (TPSA) is 75.1 Å². The molecule has 7 nitrogen and oxygen atoms in total. The molecule has 34 heavy (non-hydrogen) atoms. The van der Waals surface area contributed by atoms with E-state index in [4.69, 9.17) is 23.2 Å². The van der Waals surface area contributed by atoms with Gasteiger partial charge in [-0.15, -0.1) is 0 Å². The normalized spacial score (nSPS) is 13.9. The second-order valence-electron chi connectivity index (χ2n) is 8.38.